The van der Waals surface area contributed by atoms with E-state index in [2.05, 4.69) is 6.92 Å². The molecule has 0 heterocycles. The van der Waals surface area contributed by atoms with Crippen LogP contribution in [-0.4, -0.2) is 20.4 Å². The number of phenolic OH excluding ortho intramolecular Hbond substituents is 4. The van der Waals surface area contributed by atoms with Crippen LogP contribution in [0.3, 0.4) is 0 Å². The molecule has 4 aromatic rings. The number of hydrogen-bond donors (Lipinski definition) is 4. The van der Waals surface area contributed by atoms with Crippen LogP contribution >= 0.6 is 0 Å². The molecule has 1 atom stereocenters. The van der Waals surface area contributed by atoms with Crippen LogP contribution in [0.4, 0.5) is 0 Å². The highest BCUT2D eigenvalue weighted by molar-refractivity contribution is 5.56. The predicted octanol–water partition coefficient (Wildman–Crippen LogP) is 6.43. The van der Waals surface area contributed by atoms with Crippen LogP contribution in [0.2, 0.25) is 0 Å². The molecule has 33 heavy (non-hydrogen) atoms. The van der Waals surface area contributed by atoms with Gasteiger partial charge in [0.05, 0.1) is 5.41 Å². The van der Waals surface area contributed by atoms with Crippen molar-refractivity contribution in [3.8, 4) is 23.0 Å². The second kappa shape index (κ2) is 9.29. The first-order valence-electron chi connectivity index (χ1n) is 11.1. The lowest BCUT2D eigenvalue weighted by Gasteiger charge is -2.43. The normalized spacial score (nSPS) is 12.4. The van der Waals surface area contributed by atoms with Crippen molar-refractivity contribution in [2.45, 2.75) is 31.1 Å². The Morgan fingerprint density at radius 3 is 1.12 bits per heavy atom. The van der Waals surface area contributed by atoms with E-state index in [1.54, 1.807) is 48.5 Å². The van der Waals surface area contributed by atoms with Crippen molar-refractivity contribution in [2.24, 2.45) is 0 Å². The minimum atomic E-state index is -0.692. The molecule has 4 N–H and O–H groups in total. The largest absolute Gasteiger partial charge is 0.508 e. The zero-order valence-electron chi connectivity index (χ0n) is 18.5. The molecule has 0 fully saturated rings. The lowest BCUT2D eigenvalue weighted by atomic mass is 9.59. The molecule has 0 aliphatic rings. The van der Waals surface area contributed by atoms with Crippen LogP contribution in [0, 0.1) is 0 Å². The minimum absolute atomic E-state index is 0.0401. The maximum atomic E-state index is 10.0. The SMILES string of the molecule is CCCC(c1ccc(O)cc1)C(c1ccc(O)cc1)(c1ccc(O)cc1)c1ccc(O)cc1. The maximum Gasteiger partial charge on any atom is 0.115 e. The standard InChI is InChI=1S/C29H28O4/c1-2-3-28(20-4-12-24(30)13-5-20)29(21-6-14-25(31)15-7-21,22-8-16-26(32)17-9-22)23-10-18-27(33)19-11-23/h4-19,28,30-33H,2-3H2,1H3. The van der Waals surface area contributed by atoms with Gasteiger partial charge in [-0.05, 0) is 77.2 Å². The van der Waals surface area contributed by atoms with Gasteiger partial charge < -0.3 is 20.4 Å². The zero-order chi connectivity index (χ0) is 23.4. The third kappa shape index (κ3) is 4.24. The Morgan fingerprint density at radius 1 is 0.515 bits per heavy atom. The summed E-state index contributed by atoms with van der Waals surface area (Å²) in [5, 5.41) is 40.0. The Kier molecular flexibility index (Phi) is 6.27. The summed E-state index contributed by atoms with van der Waals surface area (Å²) in [6.07, 6.45) is 1.76. The van der Waals surface area contributed by atoms with E-state index in [-0.39, 0.29) is 28.9 Å². The van der Waals surface area contributed by atoms with Crippen molar-refractivity contribution in [3.63, 3.8) is 0 Å². The van der Waals surface area contributed by atoms with Crippen molar-refractivity contribution in [3.05, 3.63) is 119 Å². The fourth-order valence-electron chi connectivity index (χ4n) is 4.90. The van der Waals surface area contributed by atoms with E-state index < -0.39 is 5.41 Å². The highest BCUT2D eigenvalue weighted by Crippen LogP contribution is 2.52. The summed E-state index contributed by atoms with van der Waals surface area (Å²) in [7, 11) is 0. The molecule has 168 valence electrons. The first kappa shape index (κ1) is 22.3. The molecule has 0 amide bonds. The molecule has 0 radical (unpaired) electrons. The van der Waals surface area contributed by atoms with E-state index in [4.69, 9.17) is 0 Å². The van der Waals surface area contributed by atoms with Crippen LogP contribution in [0.1, 0.15) is 47.9 Å². The molecule has 4 nitrogen and oxygen atoms in total. The first-order valence-corrected chi connectivity index (χ1v) is 11.1. The molecule has 0 aromatic heterocycles. The van der Waals surface area contributed by atoms with Gasteiger partial charge in [0.25, 0.3) is 0 Å². The van der Waals surface area contributed by atoms with Crippen molar-refractivity contribution in [1.29, 1.82) is 0 Å². The molecule has 0 aliphatic carbocycles. The van der Waals surface area contributed by atoms with Crippen molar-refractivity contribution in [1.82, 2.24) is 0 Å². The van der Waals surface area contributed by atoms with Gasteiger partial charge in [-0.15, -0.1) is 0 Å². The lowest BCUT2D eigenvalue weighted by Crippen LogP contribution is -2.36. The van der Waals surface area contributed by atoms with Crippen molar-refractivity contribution in [2.75, 3.05) is 0 Å². The van der Waals surface area contributed by atoms with E-state index in [1.807, 2.05) is 48.5 Å². The highest BCUT2D eigenvalue weighted by Gasteiger charge is 2.44. The third-order valence-corrected chi connectivity index (χ3v) is 6.36. The molecule has 4 rings (SSSR count). The molecule has 0 spiro atoms. The van der Waals surface area contributed by atoms with Gasteiger partial charge in [0, 0.05) is 5.92 Å². The molecule has 0 saturated heterocycles. The Balaban J connectivity index is 2.11. The summed E-state index contributed by atoms with van der Waals surface area (Å²) < 4.78 is 0. The van der Waals surface area contributed by atoms with Gasteiger partial charge in [-0.3, -0.25) is 0 Å². The topological polar surface area (TPSA) is 80.9 Å². The molecule has 0 aliphatic heterocycles. The summed E-state index contributed by atoms with van der Waals surface area (Å²) >= 11 is 0. The fraction of sp³-hybridized carbons (Fsp3) is 0.172. The molecular weight excluding hydrogens is 412 g/mol. The number of benzene rings is 4. The number of hydrogen-bond acceptors (Lipinski definition) is 4. The number of phenols is 4. The Hall–Kier alpha value is -3.92. The van der Waals surface area contributed by atoms with Gasteiger partial charge in [-0.25, -0.2) is 0 Å². The second-order valence-corrected chi connectivity index (χ2v) is 8.38. The second-order valence-electron chi connectivity index (χ2n) is 8.38. The maximum absolute atomic E-state index is 10.0. The van der Waals surface area contributed by atoms with E-state index in [1.165, 1.54) is 0 Å². The van der Waals surface area contributed by atoms with Gasteiger partial charge >= 0.3 is 0 Å². The molecule has 0 saturated carbocycles. The smallest absolute Gasteiger partial charge is 0.115 e. The fourth-order valence-corrected chi connectivity index (χ4v) is 4.90. The molecule has 1 unspecified atom stereocenters. The van der Waals surface area contributed by atoms with Crippen molar-refractivity contribution < 1.29 is 20.4 Å². The predicted molar refractivity (Wildman–Crippen MR) is 130 cm³/mol. The average molecular weight is 441 g/mol. The van der Waals surface area contributed by atoms with Crippen LogP contribution in [-0.2, 0) is 5.41 Å². The lowest BCUT2D eigenvalue weighted by molar-refractivity contribution is 0.437. The van der Waals surface area contributed by atoms with Gasteiger partial charge in [-0.1, -0.05) is 61.9 Å². The summed E-state index contributed by atoms with van der Waals surface area (Å²) in [5.74, 6) is 0.711. The number of aromatic hydroxyl groups is 4. The molecule has 0 bridgehead atoms. The van der Waals surface area contributed by atoms with Crippen LogP contribution in [0.15, 0.2) is 97.1 Å². The Bertz CT molecular complexity index is 1070. The monoisotopic (exact) mass is 440 g/mol. The van der Waals surface area contributed by atoms with E-state index in [0.29, 0.717) is 0 Å². The third-order valence-electron chi connectivity index (χ3n) is 6.36. The highest BCUT2D eigenvalue weighted by atomic mass is 16.3. The summed E-state index contributed by atoms with van der Waals surface area (Å²) in [6, 6.07) is 29.0. The number of rotatable bonds is 7. The summed E-state index contributed by atoms with van der Waals surface area (Å²) in [5.41, 5.74) is 3.29. The average Bonchev–Trinajstić information content (AvgIpc) is 2.82. The van der Waals surface area contributed by atoms with Crippen molar-refractivity contribution >= 4 is 0 Å². The quantitative estimate of drug-likeness (QED) is 0.250. The van der Waals surface area contributed by atoms with E-state index >= 15 is 0 Å². The minimum Gasteiger partial charge on any atom is -0.508 e. The Morgan fingerprint density at radius 2 is 0.818 bits per heavy atom. The van der Waals surface area contributed by atoms with Gasteiger partial charge in [0.1, 0.15) is 23.0 Å². The summed E-state index contributed by atoms with van der Waals surface area (Å²) in [4.78, 5) is 0. The zero-order valence-corrected chi connectivity index (χ0v) is 18.5. The van der Waals surface area contributed by atoms with Gasteiger partial charge in [-0.2, -0.15) is 0 Å². The summed E-state index contributed by atoms with van der Waals surface area (Å²) in [6.45, 7) is 2.14. The first-order chi connectivity index (χ1) is 15.9. The van der Waals surface area contributed by atoms with Crippen LogP contribution in [0.25, 0.3) is 0 Å². The van der Waals surface area contributed by atoms with Crippen LogP contribution < -0.4 is 0 Å². The molecular formula is C29H28O4. The van der Waals surface area contributed by atoms with Gasteiger partial charge in [0.15, 0.2) is 0 Å². The van der Waals surface area contributed by atoms with Crippen LogP contribution in [0.5, 0.6) is 23.0 Å². The Labute approximate surface area is 194 Å². The van der Waals surface area contributed by atoms with E-state index in [0.717, 1.165) is 35.1 Å². The molecule has 4 heteroatoms. The van der Waals surface area contributed by atoms with Gasteiger partial charge in [0.2, 0.25) is 0 Å². The molecule has 4 aromatic carbocycles. The van der Waals surface area contributed by atoms with E-state index in [9.17, 15) is 20.4 Å².